The summed E-state index contributed by atoms with van der Waals surface area (Å²) in [4.78, 5) is 31.8. The molecule has 0 spiro atoms. The molecule has 0 saturated carbocycles. The standard InChI is InChI=1S/C25H24N2O5S/c1-2-31-24(29)16-6-5-11-27(13-16)14-18-20(28)10-9-15-12-17(25(30)32-22(15)18)23-26-19-7-3-4-8-21(19)33-23/h3-4,7-10,12,16,28H,2,5-6,11,13-14H2,1H3. The first kappa shape index (κ1) is 21.6. The number of para-hydroxylation sites is 1. The molecule has 0 aliphatic carbocycles. The first-order valence-corrected chi connectivity index (χ1v) is 11.9. The topological polar surface area (TPSA) is 92.9 Å². The summed E-state index contributed by atoms with van der Waals surface area (Å²) < 4.78 is 11.9. The molecule has 5 rings (SSSR count). The molecular formula is C25H24N2O5S. The summed E-state index contributed by atoms with van der Waals surface area (Å²) >= 11 is 1.44. The molecule has 4 aromatic rings. The number of piperidine rings is 1. The van der Waals surface area contributed by atoms with Crippen molar-refractivity contribution in [2.24, 2.45) is 5.92 Å². The smallest absolute Gasteiger partial charge is 0.346 e. The lowest BCUT2D eigenvalue weighted by molar-refractivity contribution is -0.150. The van der Waals surface area contributed by atoms with E-state index in [1.165, 1.54) is 11.3 Å². The third-order valence-corrected chi connectivity index (χ3v) is 7.08. The van der Waals surface area contributed by atoms with Crippen molar-refractivity contribution in [1.82, 2.24) is 9.88 Å². The molecule has 1 fully saturated rings. The van der Waals surface area contributed by atoms with Crippen molar-refractivity contribution in [3.63, 3.8) is 0 Å². The van der Waals surface area contributed by atoms with Gasteiger partial charge in [0.15, 0.2) is 0 Å². The van der Waals surface area contributed by atoms with Crippen LogP contribution < -0.4 is 5.63 Å². The van der Waals surface area contributed by atoms with E-state index < -0.39 is 5.63 Å². The highest BCUT2D eigenvalue weighted by Gasteiger charge is 2.28. The number of ether oxygens (including phenoxy) is 1. The monoisotopic (exact) mass is 464 g/mol. The number of benzene rings is 2. The van der Waals surface area contributed by atoms with Crippen molar-refractivity contribution < 1.29 is 19.1 Å². The molecule has 1 N–H and O–H groups in total. The van der Waals surface area contributed by atoms with Gasteiger partial charge < -0.3 is 14.3 Å². The number of phenols is 1. The van der Waals surface area contributed by atoms with Crippen LogP contribution in [0.2, 0.25) is 0 Å². The number of esters is 1. The number of hydrogen-bond acceptors (Lipinski definition) is 8. The van der Waals surface area contributed by atoms with E-state index in [1.54, 1.807) is 25.1 Å². The molecule has 1 saturated heterocycles. The van der Waals surface area contributed by atoms with Gasteiger partial charge in [-0.25, -0.2) is 9.78 Å². The number of aromatic hydroxyl groups is 1. The maximum absolute atomic E-state index is 12.9. The van der Waals surface area contributed by atoms with Crippen LogP contribution in [0.5, 0.6) is 5.75 Å². The van der Waals surface area contributed by atoms with E-state index in [0.29, 0.717) is 41.4 Å². The number of likely N-dealkylation sites (tertiary alicyclic amines) is 1. The Morgan fingerprint density at radius 3 is 2.97 bits per heavy atom. The Bertz CT molecular complexity index is 1360. The summed E-state index contributed by atoms with van der Waals surface area (Å²) in [5, 5.41) is 11.9. The number of hydrogen-bond donors (Lipinski definition) is 1. The molecule has 1 unspecified atom stereocenters. The van der Waals surface area contributed by atoms with Gasteiger partial charge in [0, 0.05) is 18.5 Å². The van der Waals surface area contributed by atoms with Crippen LogP contribution in [-0.4, -0.2) is 40.7 Å². The van der Waals surface area contributed by atoms with Gasteiger partial charge in [-0.3, -0.25) is 9.69 Å². The predicted octanol–water partition coefficient (Wildman–Crippen LogP) is 4.55. The number of thiazole rings is 1. The molecule has 7 nitrogen and oxygen atoms in total. The highest BCUT2D eigenvalue weighted by molar-refractivity contribution is 7.21. The van der Waals surface area contributed by atoms with Gasteiger partial charge in [0.25, 0.3) is 0 Å². The Kier molecular flexibility index (Phi) is 5.86. The van der Waals surface area contributed by atoms with E-state index in [0.717, 1.165) is 35.0 Å². The third-order valence-electron chi connectivity index (χ3n) is 6.01. The highest BCUT2D eigenvalue weighted by atomic mass is 32.1. The lowest BCUT2D eigenvalue weighted by Crippen LogP contribution is -2.39. The Hall–Kier alpha value is -3.23. The van der Waals surface area contributed by atoms with Crippen LogP contribution in [0.3, 0.4) is 0 Å². The third kappa shape index (κ3) is 4.24. The minimum absolute atomic E-state index is 0.0663. The maximum Gasteiger partial charge on any atom is 0.346 e. The fraction of sp³-hybridized carbons (Fsp3) is 0.320. The first-order valence-electron chi connectivity index (χ1n) is 11.1. The summed E-state index contributed by atoms with van der Waals surface area (Å²) in [5.74, 6) is -0.304. The zero-order valence-electron chi connectivity index (χ0n) is 18.2. The second-order valence-corrected chi connectivity index (χ2v) is 9.27. The van der Waals surface area contributed by atoms with Crippen molar-refractivity contribution in [3.8, 4) is 16.3 Å². The van der Waals surface area contributed by atoms with Crippen LogP contribution in [0.4, 0.5) is 0 Å². The number of carbonyl (C=O) groups excluding carboxylic acids is 1. The molecule has 1 aliphatic rings. The van der Waals surface area contributed by atoms with Gasteiger partial charge in [-0.1, -0.05) is 12.1 Å². The number of aromatic nitrogens is 1. The predicted molar refractivity (Wildman–Crippen MR) is 127 cm³/mol. The second kappa shape index (κ2) is 8.96. The number of phenolic OH excluding ortho intramolecular Hbond substituents is 1. The summed E-state index contributed by atoms with van der Waals surface area (Å²) in [6, 6.07) is 12.9. The van der Waals surface area contributed by atoms with Crippen LogP contribution >= 0.6 is 11.3 Å². The number of carbonyl (C=O) groups is 1. The maximum atomic E-state index is 12.9. The van der Waals surface area contributed by atoms with Gasteiger partial charge in [-0.2, -0.15) is 0 Å². The van der Waals surface area contributed by atoms with E-state index in [2.05, 4.69) is 9.88 Å². The normalized spacial score (nSPS) is 16.9. The summed E-state index contributed by atoms with van der Waals surface area (Å²) in [5.41, 5.74) is 1.66. The van der Waals surface area contributed by atoms with Crippen molar-refractivity contribution in [2.45, 2.75) is 26.3 Å². The number of fused-ring (bicyclic) bond motifs is 2. The van der Waals surface area contributed by atoms with Gasteiger partial charge in [0.1, 0.15) is 16.3 Å². The van der Waals surface area contributed by atoms with Crippen molar-refractivity contribution in [3.05, 3.63) is 58.4 Å². The van der Waals surface area contributed by atoms with Crippen LogP contribution in [-0.2, 0) is 16.1 Å². The van der Waals surface area contributed by atoms with Crippen LogP contribution in [0, 0.1) is 5.92 Å². The van der Waals surface area contributed by atoms with E-state index >= 15 is 0 Å². The average molecular weight is 465 g/mol. The lowest BCUT2D eigenvalue weighted by Gasteiger charge is -2.31. The SMILES string of the molecule is CCOC(=O)C1CCCN(Cc2c(O)ccc3cc(-c4nc5ccccc5s4)c(=O)oc23)C1. The van der Waals surface area contributed by atoms with Crippen LogP contribution in [0.15, 0.2) is 51.7 Å². The fourth-order valence-electron chi connectivity index (χ4n) is 4.40. The summed E-state index contributed by atoms with van der Waals surface area (Å²) in [6.07, 6.45) is 1.65. The molecule has 0 radical (unpaired) electrons. The van der Waals surface area contributed by atoms with E-state index in [1.807, 2.05) is 24.3 Å². The van der Waals surface area contributed by atoms with Crippen LogP contribution in [0.1, 0.15) is 25.3 Å². The summed E-state index contributed by atoms with van der Waals surface area (Å²) in [7, 11) is 0. The molecule has 8 heteroatoms. The number of nitrogens with zero attached hydrogens (tertiary/aromatic N) is 2. The molecule has 2 aromatic heterocycles. The van der Waals surface area contributed by atoms with Crippen molar-refractivity contribution in [2.75, 3.05) is 19.7 Å². The first-order chi connectivity index (χ1) is 16.0. The van der Waals surface area contributed by atoms with Gasteiger partial charge in [-0.05, 0) is 56.6 Å². The molecule has 0 bridgehead atoms. The molecule has 170 valence electrons. The minimum Gasteiger partial charge on any atom is -0.507 e. The number of rotatable bonds is 5. The van der Waals surface area contributed by atoms with Crippen molar-refractivity contribution >= 4 is 38.5 Å². The molecule has 1 aliphatic heterocycles. The van der Waals surface area contributed by atoms with E-state index in [-0.39, 0.29) is 17.6 Å². The molecule has 3 heterocycles. The largest absolute Gasteiger partial charge is 0.507 e. The zero-order chi connectivity index (χ0) is 22.9. The molecule has 0 amide bonds. The average Bonchev–Trinajstić information content (AvgIpc) is 3.25. The minimum atomic E-state index is -0.489. The Morgan fingerprint density at radius 1 is 1.30 bits per heavy atom. The highest BCUT2D eigenvalue weighted by Crippen LogP contribution is 2.33. The molecule has 33 heavy (non-hydrogen) atoms. The van der Waals surface area contributed by atoms with Crippen molar-refractivity contribution in [1.29, 1.82) is 0 Å². The van der Waals surface area contributed by atoms with E-state index in [4.69, 9.17) is 9.15 Å². The fourth-order valence-corrected chi connectivity index (χ4v) is 5.37. The zero-order valence-corrected chi connectivity index (χ0v) is 19.1. The Labute approximate surface area is 194 Å². The van der Waals surface area contributed by atoms with Gasteiger partial charge in [0.05, 0.1) is 33.9 Å². The van der Waals surface area contributed by atoms with Crippen LogP contribution in [0.25, 0.3) is 31.8 Å². The van der Waals surface area contributed by atoms with Gasteiger partial charge in [0.2, 0.25) is 0 Å². The Balaban J connectivity index is 1.48. The van der Waals surface area contributed by atoms with Gasteiger partial charge in [-0.15, -0.1) is 11.3 Å². The Morgan fingerprint density at radius 2 is 2.15 bits per heavy atom. The second-order valence-electron chi connectivity index (χ2n) is 8.24. The summed E-state index contributed by atoms with van der Waals surface area (Å²) in [6.45, 7) is 3.88. The quantitative estimate of drug-likeness (QED) is 0.342. The molecular weight excluding hydrogens is 440 g/mol. The van der Waals surface area contributed by atoms with Gasteiger partial charge >= 0.3 is 11.6 Å². The lowest BCUT2D eigenvalue weighted by atomic mass is 9.97. The molecule has 1 atom stereocenters. The van der Waals surface area contributed by atoms with E-state index in [9.17, 15) is 14.7 Å². The molecule has 2 aromatic carbocycles.